The molecule has 0 bridgehead atoms. The van der Waals surface area contributed by atoms with Gasteiger partial charge in [-0.25, -0.2) is 0 Å². The van der Waals surface area contributed by atoms with Gasteiger partial charge in [0.2, 0.25) is 0 Å². The summed E-state index contributed by atoms with van der Waals surface area (Å²) in [4.78, 5) is 0. The summed E-state index contributed by atoms with van der Waals surface area (Å²) in [6.45, 7) is 0. The number of hydrogen-bond acceptors (Lipinski definition) is 0. The van der Waals surface area contributed by atoms with Crippen molar-refractivity contribution in [1.82, 2.24) is 4.57 Å². The zero-order chi connectivity index (χ0) is 32.1. The molecule has 8 aromatic carbocycles. The van der Waals surface area contributed by atoms with Crippen LogP contribution in [0.15, 0.2) is 146 Å². The first-order valence-electron chi connectivity index (χ1n) is 17.6. The maximum Gasteiger partial charge on any atom is 0.0622 e. The monoisotopic (exact) mass is 623 g/mol. The van der Waals surface area contributed by atoms with E-state index in [2.05, 4.69) is 162 Å². The van der Waals surface area contributed by atoms with Crippen LogP contribution in [0.3, 0.4) is 0 Å². The van der Waals surface area contributed by atoms with Gasteiger partial charge in [0.15, 0.2) is 0 Å². The Morgan fingerprint density at radius 1 is 0.490 bits per heavy atom. The van der Waals surface area contributed by atoms with Gasteiger partial charge in [-0.15, -0.1) is 0 Å². The van der Waals surface area contributed by atoms with Crippen molar-refractivity contribution in [3.63, 3.8) is 0 Å². The molecule has 0 spiro atoms. The van der Waals surface area contributed by atoms with E-state index in [1.165, 1.54) is 97.4 Å². The summed E-state index contributed by atoms with van der Waals surface area (Å²) in [6, 6.07) is 47.7. The van der Waals surface area contributed by atoms with Gasteiger partial charge in [0.1, 0.15) is 0 Å². The first kappa shape index (κ1) is 27.1. The van der Waals surface area contributed by atoms with E-state index in [1.807, 2.05) is 0 Å². The third kappa shape index (κ3) is 3.82. The number of rotatable bonds is 2. The molecule has 0 fully saturated rings. The van der Waals surface area contributed by atoms with Crippen LogP contribution < -0.4 is 10.4 Å². The van der Waals surface area contributed by atoms with E-state index < -0.39 is 0 Å². The smallest absolute Gasteiger partial charge is 0.0622 e. The number of aromatic nitrogens is 1. The summed E-state index contributed by atoms with van der Waals surface area (Å²) in [5.41, 5.74) is 5.30. The van der Waals surface area contributed by atoms with Gasteiger partial charge in [-0.3, -0.25) is 0 Å². The second-order valence-corrected chi connectivity index (χ2v) is 13.8. The molecule has 11 rings (SSSR count). The van der Waals surface area contributed by atoms with Gasteiger partial charge in [-0.05, 0) is 96.6 Å². The fourth-order valence-electron chi connectivity index (χ4n) is 9.18. The Hall–Kier alpha value is -5.92. The largest absolute Gasteiger partial charge is 0.312 e. The molecule has 0 N–H and O–H groups in total. The molecule has 9 aromatic rings. The Bertz CT molecular complexity index is 3080. The average Bonchev–Trinajstić information content (AvgIpc) is 3.53. The molecular weight excluding hydrogens is 591 g/mol. The zero-order valence-electron chi connectivity index (χ0n) is 27.2. The van der Waals surface area contributed by atoms with Gasteiger partial charge in [-0.2, -0.15) is 0 Å². The highest BCUT2D eigenvalue weighted by Crippen LogP contribution is 2.46. The fourth-order valence-corrected chi connectivity index (χ4v) is 9.18. The fraction of sp³-hybridized carbons (Fsp3) is 0.0833. The van der Waals surface area contributed by atoms with Crippen LogP contribution in [0, 0.1) is 0 Å². The molecule has 1 atom stereocenters. The van der Waals surface area contributed by atoms with Crippen molar-refractivity contribution in [3.05, 3.63) is 162 Å². The molecule has 0 saturated carbocycles. The highest BCUT2D eigenvalue weighted by Gasteiger charge is 2.23. The number of hydrogen-bond donors (Lipinski definition) is 0. The average molecular weight is 624 g/mol. The van der Waals surface area contributed by atoms with Gasteiger partial charge < -0.3 is 4.57 Å². The van der Waals surface area contributed by atoms with E-state index in [4.69, 9.17) is 0 Å². The minimum atomic E-state index is 0.280. The van der Waals surface area contributed by atoms with Crippen LogP contribution >= 0.6 is 0 Å². The van der Waals surface area contributed by atoms with Crippen molar-refractivity contribution < 1.29 is 0 Å². The molecule has 1 aromatic heterocycles. The molecule has 0 radical (unpaired) electrons. The molecule has 230 valence electrons. The van der Waals surface area contributed by atoms with E-state index in [1.54, 1.807) is 0 Å². The van der Waals surface area contributed by atoms with Crippen LogP contribution in [0.2, 0.25) is 0 Å². The van der Waals surface area contributed by atoms with Crippen LogP contribution in [-0.2, 0) is 0 Å². The number of fused-ring (bicyclic) bond motifs is 16. The van der Waals surface area contributed by atoms with Crippen molar-refractivity contribution in [1.29, 1.82) is 0 Å². The predicted molar refractivity (Wildman–Crippen MR) is 212 cm³/mol. The van der Waals surface area contributed by atoms with Crippen LogP contribution in [0.5, 0.6) is 0 Å². The van der Waals surface area contributed by atoms with E-state index >= 15 is 0 Å². The quantitative estimate of drug-likeness (QED) is 0.169. The van der Waals surface area contributed by atoms with Crippen molar-refractivity contribution in [2.24, 2.45) is 0 Å². The summed E-state index contributed by atoms with van der Waals surface area (Å²) in [6.07, 6.45) is 15.1. The lowest BCUT2D eigenvalue weighted by atomic mass is 9.87. The maximum atomic E-state index is 2.59. The summed E-state index contributed by atoms with van der Waals surface area (Å²) >= 11 is 0. The van der Waals surface area contributed by atoms with Crippen LogP contribution in [0.25, 0.3) is 93.5 Å². The SMILES string of the molecule is C1=CC(c2ccc3c(c2)c2c(c4ccccc43)=CCCC=2)CC(n2c3ccccc3c3c4c5ccccc5ccc4c4ccccc4c32)=C1. The lowest BCUT2D eigenvalue weighted by Crippen LogP contribution is -2.28. The summed E-state index contributed by atoms with van der Waals surface area (Å²) in [5, 5.41) is 18.8. The lowest BCUT2D eigenvalue weighted by molar-refractivity contribution is 0.839. The van der Waals surface area contributed by atoms with Crippen LogP contribution in [-0.4, -0.2) is 4.57 Å². The molecule has 1 heteroatoms. The Labute approximate surface area is 284 Å². The highest BCUT2D eigenvalue weighted by atomic mass is 15.0. The number of allylic oxidation sites excluding steroid dienone is 4. The molecule has 1 nitrogen and oxygen atoms in total. The van der Waals surface area contributed by atoms with Crippen molar-refractivity contribution >= 4 is 93.5 Å². The Balaban J connectivity index is 1.16. The lowest BCUT2D eigenvalue weighted by Gasteiger charge is -2.23. The van der Waals surface area contributed by atoms with Crippen molar-refractivity contribution in [3.8, 4) is 0 Å². The van der Waals surface area contributed by atoms with Crippen molar-refractivity contribution in [2.45, 2.75) is 25.2 Å². The molecule has 49 heavy (non-hydrogen) atoms. The molecule has 0 saturated heterocycles. The van der Waals surface area contributed by atoms with E-state index in [0.717, 1.165) is 19.3 Å². The second kappa shape index (κ2) is 10.3. The maximum absolute atomic E-state index is 2.59. The number of benzene rings is 8. The van der Waals surface area contributed by atoms with Gasteiger partial charge in [0.25, 0.3) is 0 Å². The third-order valence-electron chi connectivity index (χ3n) is 11.3. The minimum absolute atomic E-state index is 0.280. The second-order valence-electron chi connectivity index (χ2n) is 13.8. The van der Waals surface area contributed by atoms with Crippen LogP contribution in [0.1, 0.15) is 30.7 Å². The molecule has 1 heterocycles. The Morgan fingerprint density at radius 3 is 1.96 bits per heavy atom. The summed E-state index contributed by atoms with van der Waals surface area (Å²) < 4.78 is 2.59. The summed E-state index contributed by atoms with van der Waals surface area (Å²) in [7, 11) is 0. The molecule has 2 aliphatic rings. The van der Waals surface area contributed by atoms with Crippen molar-refractivity contribution in [2.75, 3.05) is 0 Å². The first-order valence-corrected chi connectivity index (χ1v) is 17.6. The standard InChI is InChI=1S/C48H33N/c1-2-15-34-30(12-1)24-27-41-39-20-7-8-21-42(39)48-47(46(34)41)43-22-9-10-23-45(43)49(48)33-14-11-13-31(28-33)32-25-26-40-37-18-4-3-16-35(37)36-17-5-6-19-38(36)44(40)29-32/h1-4,7-27,29,31H,5-6,28H2. The Kier molecular flexibility index (Phi) is 5.68. The number of para-hydroxylation sites is 1. The van der Waals surface area contributed by atoms with Gasteiger partial charge >= 0.3 is 0 Å². The number of nitrogens with zero attached hydrogens (tertiary/aromatic N) is 1. The normalized spacial score (nSPS) is 16.1. The molecule has 1 unspecified atom stereocenters. The van der Waals surface area contributed by atoms with Crippen LogP contribution in [0.4, 0.5) is 0 Å². The van der Waals surface area contributed by atoms with Gasteiger partial charge in [0.05, 0.1) is 11.0 Å². The third-order valence-corrected chi connectivity index (χ3v) is 11.3. The van der Waals surface area contributed by atoms with Gasteiger partial charge in [0, 0.05) is 33.2 Å². The molecule has 2 aliphatic carbocycles. The molecule has 0 aliphatic heterocycles. The Morgan fingerprint density at radius 2 is 1.12 bits per heavy atom. The molecular formula is C48H33N. The van der Waals surface area contributed by atoms with E-state index in [9.17, 15) is 0 Å². The highest BCUT2D eigenvalue weighted by molar-refractivity contribution is 6.37. The predicted octanol–water partition coefficient (Wildman–Crippen LogP) is 11.5. The molecule has 0 amide bonds. The van der Waals surface area contributed by atoms with Gasteiger partial charge in [-0.1, -0.05) is 140 Å². The summed E-state index contributed by atoms with van der Waals surface area (Å²) in [5.74, 6) is 0.280. The minimum Gasteiger partial charge on any atom is -0.312 e. The first-order chi connectivity index (χ1) is 24.3. The van der Waals surface area contributed by atoms with E-state index in [0.29, 0.717) is 0 Å². The van der Waals surface area contributed by atoms with E-state index in [-0.39, 0.29) is 5.92 Å². The topological polar surface area (TPSA) is 4.93 Å². The zero-order valence-corrected chi connectivity index (χ0v) is 27.2.